The molecule has 0 aliphatic carbocycles. The molecule has 0 radical (unpaired) electrons. The molecular weight excluding hydrogens is 218 g/mol. The predicted molar refractivity (Wildman–Crippen MR) is 78.6 cm³/mol. The van der Waals surface area contributed by atoms with Crippen LogP contribution in [-0.4, -0.2) is 4.98 Å². The Morgan fingerprint density at radius 3 is 1.94 bits per heavy atom. The third kappa shape index (κ3) is 2.51. The summed E-state index contributed by atoms with van der Waals surface area (Å²) in [6, 6.07) is 6.29. The minimum atomic E-state index is 1.18. The van der Waals surface area contributed by atoms with Gasteiger partial charge in [0.15, 0.2) is 0 Å². The molecule has 2 rings (SSSR count). The lowest BCUT2D eigenvalue weighted by Gasteiger charge is -2.12. The van der Waals surface area contributed by atoms with Gasteiger partial charge in [-0.05, 0) is 73.2 Å². The highest BCUT2D eigenvalue weighted by molar-refractivity contribution is 5.73. The van der Waals surface area contributed by atoms with E-state index < -0.39 is 0 Å². The highest BCUT2D eigenvalue weighted by Gasteiger charge is 2.05. The van der Waals surface area contributed by atoms with E-state index in [0.717, 1.165) is 0 Å². The van der Waals surface area contributed by atoms with Gasteiger partial charge in [-0.15, -0.1) is 0 Å². The highest BCUT2D eigenvalue weighted by Crippen LogP contribution is 2.23. The molecule has 1 nitrogen and oxygen atoms in total. The molecule has 0 atom stereocenters. The molecule has 0 fully saturated rings. The average Bonchev–Trinajstić information content (AvgIpc) is 2.38. The summed E-state index contributed by atoms with van der Waals surface area (Å²) >= 11 is 0. The lowest BCUT2D eigenvalue weighted by atomic mass is 9.94. The van der Waals surface area contributed by atoms with Crippen LogP contribution in [0.25, 0.3) is 12.2 Å². The second-order valence-electron chi connectivity index (χ2n) is 4.79. The quantitative estimate of drug-likeness (QED) is 0.750. The lowest BCUT2D eigenvalue weighted by molar-refractivity contribution is 1.23. The normalized spacial score (nSPS) is 11.1. The standard InChI is InChI=1S/C17H19N/c1-12-11-13(2)15(4)17(14(12)3)6-5-16-7-9-18-10-8-16/h5-11H,1-4H3/b6-5+. The van der Waals surface area contributed by atoms with Gasteiger partial charge in [-0.1, -0.05) is 18.2 Å². The van der Waals surface area contributed by atoms with Gasteiger partial charge >= 0.3 is 0 Å². The lowest BCUT2D eigenvalue weighted by Crippen LogP contribution is -1.94. The van der Waals surface area contributed by atoms with Gasteiger partial charge < -0.3 is 0 Å². The molecule has 1 aromatic carbocycles. The fourth-order valence-corrected chi connectivity index (χ4v) is 2.15. The zero-order valence-electron chi connectivity index (χ0n) is 11.5. The Hall–Kier alpha value is -1.89. The number of hydrogen-bond acceptors (Lipinski definition) is 1. The number of pyridine rings is 1. The summed E-state index contributed by atoms with van der Waals surface area (Å²) in [4.78, 5) is 4.03. The first-order valence-corrected chi connectivity index (χ1v) is 6.25. The van der Waals surface area contributed by atoms with Crippen LogP contribution in [0.3, 0.4) is 0 Å². The van der Waals surface area contributed by atoms with Crippen molar-refractivity contribution in [2.75, 3.05) is 0 Å². The Morgan fingerprint density at radius 1 is 0.833 bits per heavy atom. The molecule has 1 heteroatoms. The van der Waals surface area contributed by atoms with Crippen LogP contribution in [0, 0.1) is 27.7 Å². The largest absolute Gasteiger partial charge is 0.265 e. The molecule has 0 spiro atoms. The maximum absolute atomic E-state index is 4.03. The molecule has 1 heterocycles. The van der Waals surface area contributed by atoms with E-state index in [9.17, 15) is 0 Å². The van der Waals surface area contributed by atoms with E-state index in [2.05, 4.69) is 50.9 Å². The Balaban J connectivity index is 2.44. The van der Waals surface area contributed by atoms with Crippen LogP contribution in [-0.2, 0) is 0 Å². The van der Waals surface area contributed by atoms with Crippen molar-refractivity contribution >= 4 is 12.2 Å². The molecule has 2 aromatic rings. The molecule has 0 saturated carbocycles. The Kier molecular flexibility index (Phi) is 3.61. The number of hydrogen-bond donors (Lipinski definition) is 0. The van der Waals surface area contributed by atoms with Gasteiger partial charge in [0, 0.05) is 12.4 Å². The molecule has 0 N–H and O–H groups in total. The Labute approximate surface area is 109 Å². The molecule has 0 bridgehead atoms. The predicted octanol–water partition coefficient (Wildman–Crippen LogP) is 4.49. The van der Waals surface area contributed by atoms with Crippen molar-refractivity contribution in [3.05, 3.63) is 64.0 Å². The number of rotatable bonds is 2. The first-order chi connectivity index (χ1) is 8.59. The van der Waals surface area contributed by atoms with Crippen LogP contribution in [0.1, 0.15) is 33.4 Å². The van der Waals surface area contributed by atoms with Gasteiger partial charge in [-0.2, -0.15) is 0 Å². The van der Waals surface area contributed by atoms with Gasteiger partial charge in [-0.3, -0.25) is 4.98 Å². The Bertz CT molecular complexity index is 554. The van der Waals surface area contributed by atoms with Crippen molar-refractivity contribution < 1.29 is 0 Å². The maximum atomic E-state index is 4.03. The minimum absolute atomic E-state index is 1.18. The zero-order valence-corrected chi connectivity index (χ0v) is 11.5. The first-order valence-electron chi connectivity index (χ1n) is 6.25. The first kappa shape index (κ1) is 12.6. The molecule has 0 aliphatic rings. The second-order valence-corrected chi connectivity index (χ2v) is 4.79. The van der Waals surface area contributed by atoms with Crippen molar-refractivity contribution in [1.29, 1.82) is 0 Å². The van der Waals surface area contributed by atoms with E-state index in [0.29, 0.717) is 0 Å². The van der Waals surface area contributed by atoms with Crippen LogP contribution < -0.4 is 0 Å². The van der Waals surface area contributed by atoms with Crippen molar-refractivity contribution in [3.8, 4) is 0 Å². The summed E-state index contributed by atoms with van der Waals surface area (Å²) < 4.78 is 0. The van der Waals surface area contributed by atoms with Crippen molar-refractivity contribution in [1.82, 2.24) is 4.98 Å². The van der Waals surface area contributed by atoms with Crippen LogP contribution in [0.5, 0.6) is 0 Å². The van der Waals surface area contributed by atoms with Crippen LogP contribution >= 0.6 is 0 Å². The third-order valence-corrected chi connectivity index (χ3v) is 3.57. The van der Waals surface area contributed by atoms with E-state index in [1.165, 1.54) is 33.4 Å². The number of aryl methyl sites for hydroxylation is 2. The van der Waals surface area contributed by atoms with E-state index in [-0.39, 0.29) is 0 Å². The van der Waals surface area contributed by atoms with Gasteiger partial charge in [0.25, 0.3) is 0 Å². The summed E-state index contributed by atoms with van der Waals surface area (Å²) in [7, 11) is 0. The van der Waals surface area contributed by atoms with Crippen LogP contribution in [0.15, 0.2) is 30.6 Å². The number of nitrogens with zero attached hydrogens (tertiary/aromatic N) is 1. The number of aromatic nitrogens is 1. The van der Waals surface area contributed by atoms with Crippen LogP contribution in [0.4, 0.5) is 0 Å². The summed E-state index contributed by atoms with van der Waals surface area (Å²) in [5, 5.41) is 0. The minimum Gasteiger partial charge on any atom is -0.265 e. The molecule has 1 aromatic heterocycles. The summed E-state index contributed by atoms with van der Waals surface area (Å²) in [6.07, 6.45) is 8.00. The van der Waals surface area contributed by atoms with Crippen LogP contribution in [0.2, 0.25) is 0 Å². The molecule has 0 unspecified atom stereocenters. The molecule has 0 aliphatic heterocycles. The van der Waals surface area contributed by atoms with E-state index >= 15 is 0 Å². The highest BCUT2D eigenvalue weighted by atomic mass is 14.6. The molecule has 92 valence electrons. The van der Waals surface area contributed by atoms with E-state index in [1.807, 2.05) is 24.5 Å². The molecule has 18 heavy (non-hydrogen) atoms. The summed E-state index contributed by atoms with van der Waals surface area (Å²) in [6.45, 7) is 8.72. The Morgan fingerprint density at radius 2 is 1.39 bits per heavy atom. The maximum Gasteiger partial charge on any atom is 0.0273 e. The van der Waals surface area contributed by atoms with Gasteiger partial charge in [0.2, 0.25) is 0 Å². The molecular formula is C17H19N. The topological polar surface area (TPSA) is 12.9 Å². The second kappa shape index (κ2) is 5.18. The monoisotopic (exact) mass is 237 g/mol. The summed E-state index contributed by atoms with van der Waals surface area (Å²) in [5.41, 5.74) is 7.96. The smallest absolute Gasteiger partial charge is 0.0273 e. The van der Waals surface area contributed by atoms with E-state index in [4.69, 9.17) is 0 Å². The average molecular weight is 237 g/mol. The zero-order chi connectivity index (χ0) is 13.1. The number of benzene rings is 1. The van der Waals surface area contributed by atoms with Gasteiger partial charge in [0.1, 0.15) is 0 Å². The molecule has 0 amide bonds. The SMILES string of the molecule is Cc1cc(C)c(C)c(/C=C/c2ccncc2)c1C. The van der Waals surface area contributed by atoms with Gasteiger partial charge in [0.05, 0.1) is 0 Å². The third-order valence-electron chi connectivity index (χ3n) is 3.57. The summed E-state index contributed by atoms with van der Waals surface area (Å²) in [5.74, 6) is 0. The molecule has 0 saturated heterocycles. The van der Waals surface area contributed by atoms with Crippen molar-refractivity contribution in [3.63, 3.8) is 0 Å². The van der Waals surface area contributed by atoms with Crippen molar-refractivity contribution in [2.45, 2.75) is 27.7 Å². The van der Waals surface area contributed by atoms with E-state index in [1.54, 1.807) is 0 Å². The fraction of sp³-hybridized carbons (Fsp3) is 0.235. The van der Waals surface area contributed by atoms with Gasteiger partial charge in [-0.25, -0.2) is 0 Å². The fourth-order valence-electron chi connectivity index (χ4n) is 2.15. The van der Waals surface area contributed by atoms with Crippen molar-refractivity contribution in [2.24, 2.45) is 0 Å².